The smallest absolute Gasteiger partial charge is 0.307 e. The molecule has 116 valence electrons. The van der Waals surface area contributed by atoms with E-state index in [0.29, 0.717) is 11.4 Å². The fourth-order valence-electron chi connectivity index (χ4n) is 2.76. The number of carboxylic acid groups (broad SMARTS) is 1. The molecule has 0 radical (unpaired) electrons. The molecule has 1 aliphatic rings. The average Bonchev–Trinajstić information content (AvgIpc) is 2.46. The summed E-state index contributed by atoms with van der Waals surface area (Å²) in [6.07, 6.45) is 2.79. The summed E-state index contributed by atoms with van der Waals surface area (Å²) in [5.41, 5.74) is 1.01. The van der Waals surface area contributed by atoms with Crippen LogP contribution in [0.3, 0.4) is 0 Å². The number of carboxylic acids is 1. The van der Waals surface area contributed by atoms with Crippen molar-refractivity contribution in [1.29, 1.82) is 0 Å². The van der Waals surface area contributed by atoms with Gasteiger partial charge in [-0.3, -0.25) is 9.69 Å². The van der Waals surface area contributed by atoms with Crippen molar-refractivity contribution in [2.45, 2.75) is 30.7 Å². The topological polar surface area (TPSA) is 74.7 Å². The third-order valence-electron chi connectivity index (χ3n) is 4.14. The number of benzene rings is 1. The second-order valence-corrected chi connectivity index (χ2v) is 7.71. The van der Waals surface area contributed by atoms with Crippen molar-refractivity contribution >= 4 is 15.8 Å². The molecule has 1 aromatic rings. The Hall–Kier alpha value is -1.40. The van der Waals surface area contributed by atoms with E-state index in [1.165, 1.54) is 6.26 Å². The first-order chi connectivity index (χ1) is 9.79. The van der Waals surface area contributed by atoms with Gasteiger partial charge in [0, 0.05) is 18.8 Å². The lowest BCUT2D eigenvalue weighted by Gasteiger charge is -2.35. The Balaban J connectivity index is 2.12. The molecule has 1 N–H and O–H groups in total. The minimum Gasteiger partial charge on any atom is -0.481 e. The number of carbonyl (C=O) groups is 1. The third kappa shape index (κ3) is 3.83. The first-order valence-electron chi connectivity index (χ1n) is 7.06. The largest absolute Gasteiger partial charge is 0.481 e. The molecule has 5 nitrogen and oxygen atoms in total. The van der Waals surface area contributed by atoms with Crippen molar-refractivity contribution in [3.05, 3.63) is 29.8 Å². The van der Waals surface area contributed by atoms with Gasteiger partial charge in [0.2, 0.25) is 0 Å². The maximum absolute atomic E-state index is 11.5. The number of rotatable bonds is 4. The van der Waals surface area contributed by atoms with Crippen molar-refractivity contribution in [2.24, 2.45) is 5.92 Å². The lowest BCUT2D eigenvalue weighted by molar-refractivity contribution is -0.143. The van der Waals surface area contributed by atoms with Gasteiger partial charge in [-0.05, 0) is 44.0 Å². The van der Waals surface area contributed by atoms with Gasteiger partial charge in [0.05, 0.1) is 10.8 Å². The Morgan fingerprint density at radius 2 is 1.95 bits per heavy atom. The van der Waals surface area contributed by atoms with Crippen LogP contribution in [0.1, 0.15) is 31.4 Å². The molecule has 21 heavy (non-hydrogen) atoms. The number of hydrogen-bond donors (Lipinski definition) is 1. The van der Waals surface area contributed by atoms with Crippen molar-refractivity contribution < 1.29 is 18.3 Å². The summed E-state index contributed by atoms with van der Waals surface area (Å²) < 4.78 is 22.9. The summed E-state index contributed by atoms with van der Waals surface area (Å²) in [5.74, 6) is -1.05. The molecule has 2 unspecified atom stereocenters. The van der Waals surface area contributed by atoms with E-state index >= 15 is 0 Å². The van der Waals surface area contributed by atoms with Crippen LogP contribution >= 0.6 is 0 Å². The van der Waals surface area contributed by atoms with Crippen molar-refractivity contribution in [3.8, 4) is 0 Å². The van der Waals surface area contributed by atoms with Crippen LogP contribution < -0.4 is 0 Å². The normalized spacial score (nSPS) is 21.9. The Morgan fingerprint density at radius 3 is 2.48 bits per heavy atom. The van der Waals surface area contributed by atoms with Crippen LogP contribution in [-0.4, -0.2) is 43.7 Å². The standard InChI is InChI=1S/C15H21NO4S/c1-11(16-9-3-4-13(10-16)15(17)18)12-5-7-14(8-6-12)21(2,19)20/h5-8,11,13H,3-4,9-10H2,1-2H3,(H,17,18). The average molecular weight is 311 g/mol. The molecule has 1 aliphatic heterocycles. The highest BCUT2D eigenvalue weighted by Crippen LogP contribution is 2.27. The number of sulfone groups is 1. The number of likely N-dealkylation sites (tertiary alicyclic amines) is 1. The fraction of sp³-hybridized carbons (Fsp3) is 0.533. The van der Waals surface area contributed by atoms with Gasteiger partial charge in [0.25, 0.3) is 0 Å². The number of aliphatic carboxylic acids is 1. The summed E-state index contributed by atoms with van der Waals surface area (Å²) in [4.78, 5) is 13.6. The second kappa shape index (κ2) is 6.15. The van der Waals surface area contributed by atoms with Crippen LogP contribution in [0, 0.1) is 5.92 Å². The van der Waals surface area contributed by atoms with E-state index in [2.05, 4.69) is 4.90 Å². The highest BCUT2D eigenvalue weighted by atomic mass is 32.2. The van der Waals surface area contributed by atoms with Gasteiger partial charge < -0.3 is 5.11 Å². The van der Waals surface area contributed by atoms with Gasteiger partial charge in [0.15, 0.2) is 9.84 Å². The van der Waals surface area contributed by atoms with Gasteiger partial charge in [0.1, 0.15) is 0 Å². The molecule has 0 saturated carbocycles. The molecule has 1 saturated heterocycles. The first kappa shape index (κ1) is 16.0. The van der Waals surface area contributed by atoms with Crippen LogP contribution in [0.2, 0.25) is 0 Å². The highest BCUT2D eigenvalue weighted by molar-refractivity contribution is 7.90. The monoisotopic (exact) mass is 311 g/mol. The summed E-state index contributed by atoms with van der Waals surface area (Å²) >= 11 is 0. The summed E-state index contributed by atoms with van der Waals surface area (Å²) in [6, 6.07) is 6.93. The minimum atomic E-state index is -3.18. The van der Waals surface area contributed by atoms with E-state index in [1.54, 1.807) is 12.1 Å². The molecular weight excluding hydrogens is 290 g/mol. The molecule has 1 heterocycles. The molecular formula is C15H21NO4S. The van der Waals surface area contributed by atoms with E-state index < -0.39 is 15.8 Å². The Kier molecular flexibility index (Phi) is 4.68. The first-order valence-corrected chi connectivity index (χ1v) is 8.95. The quantitative estimate of drug-likeness (QED) is 0.920. The van der Waals surface area contributed by atoms with Crippen LogP contribution in [0.5, 0.6) is 0 Å². The fourth-order valence-corrected chi connectivity index (χ4v) is 3.39. The van der Waals surface area contributed by atoms with E-state index in [9.17, 15) is 13.2 Å². The second-order valence-electron chi connectivity index (χ2n) is 5.69. The van der Waals surface area contributed by atoms with Crippen molar-refractivity contribution in [1.82, 2.24) is 4.90 Å². The Bertz CT molecular complexity index is 609. The Morgan fingerprint density at radius 1 is 1.33 bits per heavy atom. The van der Waals surface area contributed by atoms with E-state index in [-0.39, 0.29) is 12.0 Å². The summed E-state index contributed by atoms with van der Waals surface area (Å²) in [6.45, 7) is 3.45. The molecule has 0 spiro atoms. The number of hydrogen-bond acceptors (Lipinski definition) is 4. The van der Waals surface area contributed by atoms with Gasteiger partial charge in [-0.15, -0.1) is 0 Å². The SMILES string of the molecule is CC(c1ccc(S(C)(=O)=O)cc1)N1CCCC(C(=O)O)C1. The highest BCUT2D eigenvalue weighted by Gasteiger charge is 2.28. The molecule has 0 aliphatic carbocycles. The van der Waals surface area contributed by atoms with Gasteiger partial charge in [-0.25, -0.2) is 8.42 Å². The zero-order valence-corrected chi connectivity index (χ0v) is 13.1. The molecule has 1 aromatic carbocycles. The third-order valence-corrected chi connectivity index (χ3v) is 5.27. The van der Waals surface area contributed by atoms with E-state index in [0.717, 1.165) is 24.9 Å². The van der Waals surface area contributed by atoms with Gasteiger partial charge in [-0.1, -0.05) is 12.1 Å². The molecule has 2 rings (SSSR count). The van der Waals surface area contributed by atoms with Gasteiger partial charge in [-0.2, -0.15) is 0 Å². The van der Waals surface area contributed by atoms with E-state index in [1.807, 2.05) is 19.1 Å². The lowest BCUT2D eigenvalue weighted by Crippen LogP contribution is -2.40. The predicted octanol–water partition coefficient (Wildman–Crippen LogP) is 1.95. The van der Waals surface area contributed by atoms with Crippen LogP contribution in [-0.2, 0) is 14.6 Å². The molecule has 6 heteroatoms. The van der Waals surface area contributed by atoms with Crippen molar-refractivity contribution in [3.63, 3.8) is 0 Å². The van der Waals surface area contributed by atoms with E-state index in [4.69, 9.17) is 5.11 Å². The van der Waals surface area contributed by atoms with Crippen LogP contribution in [0.25, 0.3) is 0 Å². The Labute approximate surface area is 125 Å². The van der Waals surface area contributed by atoms with Crippen LogP contribution in [0.4, 0.5) is 0 Å². The maximum Gasteiger partial charge on any atom is 0.307 e. The summed E-state index contributed by atoms with van der Waals surface area (Å²) in [7, 11) is -3.18. The predicted molar refractivity (Wildman–Crippen MR) is 79.9 cm³/mol. The summed E-state index contributed by atoms with van der Waals surface area (Å²) in [5, 5.41) is 9.14. The minimum absolute atomic E-state index is 0.0840. The molecule has 1 fully saturated rings. The zero-order chi connectivity index (χ0) is 15.6. The lowest BCUT2D eigenvalue weighted by atomic mass is 9.95. The maximum atomic E-state index is 11.5. The number of piperidine rings is 1. The molecule has 0 aromatic heterocycles. The molecule has 0 amide bonds. The van der Waals surface area contributed by atoms with Gasteiger partial charge >= 0.3 is 5.97 Å². The molecule has 0 bridgehead atoms. The number of nitrogens with zero attached hydrogens (tertiary/aromatic N) is 1. The molecule has 2 atom stereocenters. The van der Waals surface area contributed by atoms with Crippen LogP contribution in [0.15, 0.2) is 29.2 Å². The zero-order valence-electron chi connectivity index (χ0n) is 12.3. The van der Waals surface area contributed by atoms with Crippen molar-refractivity contribution in [2.75, 3.05) is 19.3 Å².